The van der Waals surface area contributed by atoms with Gasteiger partial charge < -0.3 is 18.9 Å². The van der Waals surface area contributed by atoms with Gasteiger partial charge >= 0.3 is 19.8 Å². The monoisotopic (exact) mass is 1150 g/mol. The van der Waals surface area contributed by atoms with E-state index in [1.54, 1.807) is 0 Å². The molecule has 0 spiro atoms. The summed E-state index contributed by atoms with van der Waals surface area (Å²) >= 11 is 0. The lowest BCUT2D eigenvalue weighted by atomic mass is 10.0. The maximum Gasteiger partial charge on any atom is 0.472 e. The van der Waals surface area contributed by atoms with Crippen LogP contribution in [-0.4, -0.2) is 74.9 Å². The number of hydrogen-bond acceptors (Lipinski definition) is 7. The Balaban J connectivity index is 3.99. The van der Waals surface area contributed by atoms with Gasteiger partial charge in [0.05, 0.1) is 27.7 Å². The highest BCUT2D eigenvalue weighted by atomic mass is 31.2. The number of phosphoric acid groups is 1. The van der Waals surface area contributed by atoms with Crippen molar-refractivity contribution in [3.63, 3.8) is 0 Å². The van der Waals surface area contributed by atoms with Crippen LogP contribution in [0.3, 0.4) is 0 Å². The van der Waals surface area contributed by atoms with Crippen molar-refractivity contribution in [2.75, 3.05) is 47.5 Å². The quantitative estimate of drug-likeness (QED) is 0.0211. The van der Waals surface area contributed by atoms with Gasteiger partial charge in [-0.15, -0.1) is 0 Å². The Morgan fingerprint density at radius 2 is 0.675 bits per heavy atom. The molecule has 80 heavy (non-hydrogen) atoms. The Hall–Kier alpha value is -1.51. The maximum absolute atomic E-state index is 12.9. The molecule has 0 amide bonds. The Morgan fingerprint density at radius 3 is 0.988 bits per heavy atom. The molecular weight excluding hydrogens is 1010 g/mol. The zero-order chi connectivity index (χ0) is 58.4. The van der Waals surface area contributed by atoms with Crippen molar-refractivity contribution < 1.29 is 42.1 Å². The van der Waals surface area contributed by atoms with Crippen LogP contribution in [0, 0.1) is 0 Å². The molecule has 0 aromatic rings. The standard InChI is InChI=1S/C70H136NO8P/c1-6-8-10-12-14-16-18-20-22-24-26-28-30-32-33-34-35-36-37-39-41-43-45-47-49-51-53-55-57-59-61-63-70(73)79-68(67-78-80(74,75)77-65-64-71(3,4)5)66-76-69(72)62-60-58-56-54-52-50-48-46-44-42-40-38-31-29-27-25-23-21-19-17-15-13-11-9-7-2/h18,20,24,26,68H,6-17,19,21-23,25,27-67H2,1-5H3/p+1/b20-18-,26-24-. The van der Waals surface area contributed by atoms with E-state index >= 15 is 0 Å². The summed E-state index contributed by atoms with van der Waals surface area (Å²) in [6, 6.07) is 0. The number of hydrogen-bond donors (Lipinski definition) is 1. The summed E-state index contributed by atoms with van der Waals surface area (Å²) in [5, 5.41) is 0. The Kier molecular flexibility index (Phi) is 60.9. The minimum atomic E-state index is -4.39. The summed E-state index contributed by atoms with van der Waals surface area (Å²) in [6.45, 7) is 4.50. The number of carbonyl (C=O) groups is 2. The molecule has 1 N–H and O–H groups in total. The number of nitrogens with zero attached hydrogens (tertiary/aromatic N) is 1. The average Bonchev–Trinajstić information content (AvgIpc) is 3.42. The van der Waals surface area contributed by atoms with Crippen LogP contribution in [-0.2, 0) is 32.7 Å². The van der Waals surface area contributed by atoms with Gasteiger partial charge in [0.2, 0.25) is 0 Å². The van der Waals surface area contributed by atoms with Crippen LogP contribution in [0.25, 0.3) is 0 Å². The van der Waals surface area contributed by atoms with Gasteiger partial charge in [0.1, 0.15) is 19.8 Å². The molecule has 0 aromatic carbocycles. The number of carbonyl (C=O) groups excluding carboxylic acids is 2. The topological polar surface area (TPSA) is 108 Å². The Labute approximate surface area is 498 Å². The van der Waals surface area contributed by atoms with Crippen LogP contribution in [0.15, 0.2) is 24.3 Å². The van der Waals surface area contributed by atoms with Crippen LogP contribution < -0.4 is 0 Å². The zero-order valence-corrected chi connectivity index (χ0v) is 55.0. The van der Waals surface area contributed by atoms with Crippen molar-refractivity contribution in [2.45, 2.75) is 367 Å². The van der Waals surface area contributed by atoms with Gasteiger partial charge in [-0.25, -0.2) is 4.57 Å². The third kappa shape index (κ3) is 65.6. The lowest BCUT2D eigenvalue weighted by Gasteiger charge is -2.24. The number of rotatable bonds is 66. The molecule has 9 nitrogen and oxygen atoms in total. The molecular formula is C70H137NO8P+. The third-order valence-electron chi connectivity index (χ3n) is 16.0. The molecule has 0 radical (unpaired) electrons. The molecule has 0 rings (SSSR count). The van der Waals surface area contributed by atoms with E-state index in [9.17, 15) is 19.0 Å². The minimum absolute atomic E-state index is 0.0358. The summed E-state index contributed by atoms with van der Waals surface area (Å²) < 4.78 is 34.7. The number of ether oxygens (including phenoxy) is 2. The van der Waals surface area contributed by atoms with Gasteiger partial charge in [0, 0.05) is 12.8 Å². The normalized spacial score (nSPS) is 13.2. The van der Waals surface area contributed by atoms with Crippen molar-refractivity contribution in [2.24, 2.45) is 0 Å². The fourth-order valence-corrected chi connectivity index (χ4v) is 11.3. The number of quaternary nitrogens is 1. The van der Waals surface area contributed by atoms with Crippen molar-refractivity contribution in [3.05, 3.63) is 24.3 Å². The summed E-state index contributed by atoms with van der Waals surface area (Å²) in [6.07, 6.45) is 77.1. The first-order valence-electron chi connectivity index (χ1n) is 35.1. The summed E-state index contributed by atoms with van der Waals surface area (Å²) in [7, 11) is 1.50. The van der Waals surface area contributed by atoms with E-state index in [1.807, 2.05) is 21.1 Å². The van der Waals surface area contributed by atoms with E-state index < -0.39 is 26.5 Å². The number of phosphoric ester groups is 1. The summed E-state index contributed by atoms with van der Waals surface area (Å²) in [4.78, 5) is 35.9. The number of allylic oxidation sites excluding steroid dienone is 4. The fraction of sp³-hybridized carbons (Fsp3) is 0.914. The predicted molar refractivity (Wildman–Crippen MR) is 344 cm³/mol. The molecule has 0 heterocycles. The molecule has 0 bridgehead atoms. The van der Waals surface area contributed by atoms with Crippen LogP contribution in [0.2, 0.25) is 0 Å². The molecule has 0 aliphatic heterocycles. The average molecular weight is 1150 g/mol. The van der Waals surface area contributed by atoms with Crippen LogP contribution in [0.1, 0.15) is 361 Å². The molecule has 0 aromatic heterocycles. The van der Waals surface area contributed by atoms with Crippen molar-refractivity contribution >= 4 is 19.8 Å². The van der Waals surface area contributed by atoms with Gasteiger partial charge in [0.25, 0.3) is 0 Å². The fourth-order valence-electron chi connectivity index (χ4n) is 10.6. The first-order valence-corrected chi connectivity index (χ1v) is 36.6. The predicted octanol–water partition coefficient (Wildman–Crippen LogP) is 22.5. The Morgan fingerprint density at radius 1 is 0.388 bits per heavy atom. The van der Waals surface area contributed by atoms with E-state index in [-0.39, 0.29) is 25.6 Å². The molecule has 0 saturated carbocycles. The van der Waals surface area contributed by atoms with Gasteiger partial charge in [-0.3, -0.25) is 18.6 Å². The summed E-state index contributed by atoms with van der Waals surface area (Å²) in [5.74, 6) is -0.772. The second-order valence-electron chi connectivity index (χ2n) is 25.3. The zero-order valence-electron chi connectivity index (χ0n) is 54.1. The molecule has 0 aliphatic rings. The molecule has 0 saturated heterocycles. The SMILES string of the molecule is CCCCCCC/C=C\C/C=C\CCCCCCCCCCCCCCCCCCCCCC(=O)OC(COC(=O)CCCCCCCCCCCCCCCCCCCCCCCCCCC)COP(=O)(O)OCC[N+](C)(C)C. The van der Waals surface area contributed by atoms with Crippen LogP contribution in [0.4, 0.5) is 0 Å². The number of likely N-dealkylation sites (N-methyl/N-ethyl adjacent to an activating group) is 1. The highest BCUT2D eigenvalue weighted by molar-refractivity contribution is 7.47. The third-order valence-corrected chi connectivity index (χ3v) is 17.0. The lowest BCUT2D eigenvalue weighted by molar-refractivity contribution is -0.870. The lowest BCUT2D eigenvalue weighted by Crippen LogP contribution is -2.37. The van der Waals surface area contributed by atoms with E-state index in [2.05, 4.69) is 38.2 Å². The van der Waals surface area contributed by atoms with E-state index in [1.165, 1.54) is 289 Å². The second kappa shape index (κ2) is 62.0. The van der Waals surface area contributed by atoms with Gasteiger partial charge in [-0.05, 0) is 44.9 Å². The smallest absolute Gasteiger partial charge is 0.462 e. The molecule has 0 aliphatic carbocycles. The largest absolute Gasteiger partial charge is 0.472 e. The van der Waals surface area contributed by atoms with Crippen LogP contribution >= 0.6 is 7.82 Å². The summed E-state index contributed by atoms with van der Waals surface area (Å²) in [5.41, 5.74) is 0. The number of unbranched alkanes of at least 4 members (excludes halogenated alkanes) is 48. The van der Waals surface area contributed by atoms with Gasteiger partial charge in [-0.1, -0.05) is 327 Å². The number of esters is 2. The first-order chi connectivity index (χ1) is 39.0. The molecule has 2 atom stereocenters. The van der Waals surface area contributed by atoms with E-state index in [0.717, 1.165) is 38.5 Å². The maximum atomic E-state index is 12.9. The first kappa shape index (κ1) is 78.5. The molecule has 474 valence electrons. The molecule has 2 unspecified atom stereocenters. The van der Waals surface area contributed by atoms with Gasteiger partial charge in [-0.2, -0.15) is 0 Å². The van der Waals surface area contributed by atoms with Crippen molar-refractivity contribution in [3.8, 4) is 0 Å². The van der Waals surface area contributed by atoms with Crippen LogP contribution in [0.5, 0.6) is 0 Å². The van der Waals surface area contributed by atoms with E-state index in [0.29, 0.717) is 23.9 Å². The minimum Gasteiger partial charge on any atom is -0.462 e. The van der Waals surface area contributed by atoms with Crippen molar-refractivity contribution in [1.82, 2.24) is 0 Å². The van der Waals surface area contributed by atoms with Gasteiger partial charge in [0.15, 0.2) is 6.10 Å². The highest BCUT2D eigenvalue weighted by Gasteiger charge is 2.27. The van der Waals surface area contributed by atoms with Crippen molar-refractivity contribution in [1.29, 1.82) is 0 Å². The molecule has 0 fully saturated rings. The molecule has 10 heteroatoms. The highest BCUT2D eigenvalue weighted by Crippen LogP contribution is 2.43. The Bertz CT molecular complexity index is 1400. The second-order valence-corrected chi connectivity index (χ2v) is 26.7. The van der Waals surface area contributed by atoms with E-state index in [4.69, 9.17) is 18.5 Å².